The molecule has 2 aromatic carbocycles. The quantitative estimate of drug-likeness (QED) is 0.729. The maximum Gasteiger partial charge on any atom is 0.270 e. The molecule has 1 aliphatic heterocycles. The molecule has 1 amide bonds. The monoisotopic (exact) mass is 348 g/mol. The van der Waals surface area contributed by atoms with Crippen molar-refractivity contribution in [1.29, 1.82) is 0 Å². The van der Waals surface area contributed by atoms with Crippen molar-refractivity contribution < 1.29 is 9.18 Å². The van der Waals surface area contributed by atoms with Crippen LogP contribution >= 0.6 is 0 Å². The number of halogens is 1. The summed E-state index contributed by atoms with van der Waals surface area (Å²) in [4.78, 5) is 27.1. The molecular weight excluding hydrogens is 331 g/mol. The molecule has 0 fully saturated rings. The fourth-order valence-corrected chi connectivity index (χ4v) is 3.41. The van der Waals surface area contributed by atoms with Gasteiger partial charge in [0.2, 0.25) is 0 Å². The smallest absolute Gasteiger partial charge is 0.270 e. The van der Waals surface area contributed by atoms with Crippen LogP contribution in [0.3, 0.4) is 0 Å². The highest BCUT2D eigenvalue weighted by Gasteiger charge is 2.32. The number of rotatable bonds is 3. The largest absolute Gasteiger partial charge is 0.331 e. The summed E-state index contributed by atoms with van der Waals surface area (Å²) >= 11 is 0. The molecule has 5 heteroatoms. The Labute approximate surface area is 150 Å². The first-order valence-electron chi connectivity index (χ1n) is 8.44. The van der Waals surface area contributed by atoms with Crippen molar-refractivity contribution in [2.75, 3.05) is 6.54 Å². The van der Waals surface area contributed by atoms with Crippen molar-refractivity contribution in [2.24, 2.45) is 0 Å². The molecule has 1 aliphatic rings. The predicted octanol–water partition coefficient (Wildman–Crippen LogP) is 3.23. The van der Waals surface area contributed by atoms with Gasteiger partial charge in [0.05, 0.1) is 6.04 Å². The van der Waals surface area contributed by atoms with Gasteiger partial charge in [0, 0.05) is 19.2 Å². The van der Waals surface area contributed by atoms with Crippen molar-refractivity contribution in [1.82, 2.24) is 9.47 Å². The van der Waals surface area contributed by atoms with Crippen molar-refractivity contribution >= 4 is 5.91 Å². The van der Waals surface area contributed by atoms with Crippen LogP contribution in [0, 0.1) is 5.82 Å². The molecule has 1 atom stereocenters. The third-order valence-corrected chi connectivity index (χ3v) is 4.67. The molecule has 4 nitrogen and oxygen atoms in total. The normalized spacial score (nSPS) is 16.4. The summed E-state index contributed by atoms with van der Waals surface area (Å²) in [5.74, 6) is -0.507. The summed E-state index contributed by atoms with van der Waals surface area (Å²) < 4.78 is 14.8. The molecule has 0 spiro atoms. The fourth-order valence-electron chi connectivity index (χ4n) is 3.41. The van der Waals surface area contributed by atoms with Crippen LogP contribution in [0.15, 0.2) is 77.6 Å². The van der Waals surface area contributed by atoms with E-state index in [-0.39, 0.29) is 23.3 Å². The molecule has 4 rings (SSSR count). The third kappa shape index (κ3) is 2.92. The molecule has 130 valence electrons. The van der Waals surface area contributed by atoms with Crippen LogP contribution < -0.4 is 5.56 Å². The lowest BCUT2D eigenvalue weighted by Crippen LogP contribution is -2.47. The first-order valence-corrected chi connectivity index (χ1v) is 8.44. The minimum atomic E-state index is -0.347. The molecule has 1 aromatic heterocycles. The van der Waals surface area contributed by atoms with E-state index < -0.39 is 0 Å². The van der Waals surface area contributed by atoms with E-state index in [1.165, 1.54) is 22.8 Å². The van der Waals surface area contributed by atoms with Gasteiger partial charge in [-0.15, -0.1) is 0 Å². The van der Waals surface area contributed by atoms with Crippen LogP contribution in [0.25, 0.3) is 0 Å². The van der Waals surface area contributed by atoms with Crippen LogP contribution in [-0.4, -0.2) is 21.9 Å². The van der Waals surface area contributed by atoms with Gasteiger partial charge in [-0.05, 0) is 29.3 Å². The maximum absolute atomic E-state index is 13.3. The topological polar surface area (TPSA) is 42.3 Å². The van der Waals surface area contributed by atoms with E-state index in [1.54, 1.807) is 29.2 Å². The minimum absolute atomic E-state index is 0.176. The first-order chi connectivity index (χ1) is 12.6. The van der Waals surface area contributed by atoms with Gasteiger partial charge >= 0.3 is 0 Å². The summed E-state index contributed by atoms with van der Waals surface area (Å²) in [6.45, 7) is 0.816. The lowest BCUT2D eigenvalue weighted by Gasteiger charge is -2.35. The predicted molar refractivity (Wildman–Crippen MR) is 96.4 cm³/mol. The van der Waals surface area contributed by atoms with Crippen molar-refractivity contribution in [3.8, 4) is 0 Å². The van der Waals surface area contributed by atoms with Crippen LogP contribution in [0.4, 0.5) is 4.39 Å². The minimum Gasteiger partial charge on any atom is -0.331 e. The lowest BCUT2D eigenvalue weighted by molar-refractivity contribution is 0.0665. The Hall–Kier alpha value is -3.21. The van der Waals surface area contributed by atoms with E-state index in [2.05, 4.69) is 0 Å². The Morgan fingerprint density at radius 3 is 2.35 bits per heavy atom. The molecule has 26 heavy (non-hydrogen) atoms. The zero-order valence-electron chi connectivity index (χ0n) is 14.0. The number of hydrogen-bond donors (Lipinski definition) is 0. The standard InChI is InChI=1S/C21H17FN2O2/c22-17-11-9-16(10-12-17)19-14-23(13-15-5-2-1-3-6-15)21(26)18-7-4-8-20(25)24(18)19/h1-12,19H,13-14H2. The Morgan fingerprint density at radius 2 is 1.62 bits per heavy atom. The summed E-state index contributed by atoms with van der Waals surface area (Å²) in [6.07, 6.45) is 0. The van der Waals surface area contributed by atoms with Gasteiger partial charge in [-0.1, -0.05) is 48.5 Å². The summed E-state index contributed by atoms with van der Waals surface area (Å²) in [5.41, 5.74) is 1.94. The molecule has 0 saturated heterocycles. The van der Waals surface area contributed by atoms with E-state index in [1.807, 2.05) is 30.3 Å². The zero-order chi connectivity index (χ0) is 18.1. The van der Waals surface area contributed by atoms with E-state index in [0.29, 0.717) is 18.8 Å². The first kappa shape index (κ1) is 16.3. The molecule has 0 saturated carbocycles. The number of nitrogens with zero attached hydrogens (tertiary/aromatic N) is 2. The van der Waals surface area contributed by atoms with Crippen LogP contribution in [0.5, 0.6) is 0 Å². The van der Waals surface area contributed by atoms with Gasteiger partial charge in [-0.3, -0.25) is 14.2 Å². The maximum atomic E-state index is 13.3. The molecular formula is C21H17FN2O2. The summed E-state index contributed by atoms with van der Waals surface area (Å²) in [7, 11) is 0. The van der Waals surface area contributed by atoms with Crippen LogP contribution in [0.2, 0.25) is 0 Å². The Balaban J connectivity index is 1.78. The van der Waals surface area contributed by atoms with E-state index in [4.69, 9.17) is 0 Å². The highest BCUT2D eigenvalue weighted by molar-refractivity contribution is 5.93. The molecule has 3 aromatic rings. The molecule has 0 radical (unpaired) electrons. The number of amides is 1. The SMILES string of the molecule is O=C1c2cccc(=O)n2C(c2ccc(F)cc2)CN1Cc1ccccc1. The second-order valence-corrected chi connectivity index (χ2v) is 6.36. The van der Waals surface area contributed by atoms with Gasteiger partial charge in [-0.25, -0.2) is 4.39 Å². The number of pyridine rings is 1. The highest BCUT2D eigenvalue weighted by Crippen LogP contribution is 2.27. The van der Waals surface area contributed by atoms with Crippen LogP contribution in [0.1, 0.15) is 27.7 Å². The van der Waals surface area contributed by atoms with Gasteiger partial charge in [0.25, 0.3) is 11.5 Å². The molecule has 0 bridgehead atoms. The molecule has 0 N–H and O–H groups in total. The van der Waals surface area contributed by atoms with Crippen molar-refractivity contribution in [3.63, 3.8) is 0 Å². The zero-order valence-corrected chi connectivity index (χ0v) is 14.0. The average Bonchev–Trinajstić information content (AvgIpc) is 2.66. The summed E-state index contributed by atoms with van der Waals surface area (Å²) in [5, 5.41) is 0. The Kier molecular flexibility index (Phi) is 4.13. The van der Waals surface area contributed by atoms with Gasteiger partial charge in [0.1, 0.15) is 11.5 Å². The molecule has 0 aliphatic carbocycles. The van der Waals surface area contributed by atoms with Crippen LogP contribution in [-0.2, 0) is 6.54 Å². The number of fused-ring (bicyclic) bond motifs is 1. The number of aromatic nitrogens is 1. The Bertz CT molecular complexity index is 997. The molecule has 2 heterocycles. The third-order valence-electron chi connectivity index (χ3n) is 4.67. The second kappa shape index (κ2) is 6.59. The van der Waals surface area contributed by atoms with E-state index in [0.717, 1.165) is 11.1 Å². The van der Waals surface area contributed by atoms with Gasteiger partial charge in [0.15, 0.2) is 0 Å². The number of benzene rings is 2. The van der Waals surface area contributed by atoms with E-state index >= 15 is 0 Å². The number of hydrogen-bond acceptors (Lipinski definition) is 2. The van der Waals surface area contributed by atoms with Gasteiger partial charge in [-0.2, -0.15) is 0 Å². The average molecular weight is 348 g/mol. The van der Waals surface area contributed by atoms with Crippen molar-refractivity contribution in [3.05, 3.63) is 106 Å². The number of carbonyl (C=O) groups is 1. The highest BCUT2D eigenvalue weighted by atomic mass is 19.1. The van der Waals surface area contributed by atoms with E-state index in [9.17, 15) is 14.0 Å². The fraction of sp³-hybridized carbons (Fsp3) is 0.143. The van der Waals surface area contributed by atoms with Crippen molar-refractivity contribution in [2.45, 2.75) is 12.6 Å². The second-order valence-electron chi connectivity index (χ2n) is 6.36. The molecule has 1 unspecified atom stereocenters. The Morgan fingerprint density at radius 1 is 0.885 bits per heavy atom. The lowest BCUT2D eigenvalue weighted by atomic mass is 10.0. The van der Waals surface area contributed by atoms with Gasteiger partial charge < -0.3 is 4.90 Å². The number of carbonyl (C=O) groups excluding carboxylic acids is 1. The summed E-state index contributed by atoms with van der Waals surface area (Å²) in [6, 6.07) is 20.2.